The lowest BCUT2D eigenvalue weighted by Crippen LogP contribution is -2.11. The van der Waals surface area contributed by atoms with Crippen molar-refractivity contribution in [3.8, 4) is 11.1 Å². The molecule has 1 amide bonds. The number of hydrogen-bond acceptors (Lipinski definition) is 3. The fraction of sp³-hybridized carbons (Fsp3) is 0.125. The quantitative estimate of drug-likeness (QED) is 0.802. The first-order valence-electron chi connectivity index (χ1n) is 6.49. The van der Waals surface area contributed by atoms with E-state index in [9.17, 15) is 22.0 Å². The van der Waals surface area contributed by atoms with E-state index in [0.29, 0.717) is 5.56 Å². The maximum absolute atomic E-state index is 13.5. The molecular formula is C16H13F2NO3S. The summed E-state index contributed by atoms with van der Waals surface area (Å²) in [5, 5.41) is 0. The van der Waals surface area contributed by atoms with Crippen LogP contribution in [0, 0.1) is 0 Å². The summed E-state index contributed by atoms with van der Waals surface area (Å²) >= 11 is 0. The minimum absolute atomic E-state index is 0.115. The van der Waals surface area contributed by atoms with Crippen molar-refractivity contribution in [1.29, 1.82) is 0 Å². The van der Waals surface area contributed by atoms with Gasteiger partial charge in [0.15, 0.2) is 9.84 Å². The van der Waals surface area contributed by atoms with Gasteiger partial charge in [0.05, 0.1) is 10.5 Å². The molecule has 2 rings (SSSR count). The van der Waals surface area contributed by atoms with Crippen LogP contribution in [-0.2, 0) is 9.84 Å². The van der Waals surface area contributed by atoms with Crippen molar-refractivity contribution in [3.05, 3.63) is 53.6 Å². The molecule has 0 unspecified atom stereocenters. The molecule has 4 nitrogen and oxygen atoms in total. The minimum atomic E-state index is -4.02. The maximum Gasteiger partial charge on any atom is 0.276 e. The molecule has 0 aromatic heterocycles. The highest BCUT2D eigenvalue weighted by Crippen LogP contribution is 2.37. The molecule has 0 atom stereocenters. The molecule has 0 aliphatic rings. The number of alkyl halides is 2. The van der Waals surface area contributed by atoms with E-state index in [2.05, 4.69) is 11.7 Å². The molecule has 120 valence electrons. The average molecular weight is 337 g/mol. The summed E-state index contributed by atoms with van der Waals surface area (Å²) < 4.78 is 51.3. The van der Waals surface area contributed by atoms with E-state index in [1.54, 1.807) is 30.3 Å². The summed E-state index contributed by atoms with van der Waals surface area (Å²) in [4.78, 5) is 14.3. The van der Waals surface area contributed by atoms with E-state index in [4.69, 9.17) is 0 Å². The van der Waals surface area contributed by atoms with Gasteiger partial charge in [-0.3, -0.25) is 4.79 Å². The van der Waals surface area contributed by atoms with Crippen LogP contribution in [0.1, 0.15) is 22.3 Å². The second-order valence-electron chi connectivity index (χ2n) is 4.81. The van der Waals surface area contributed by atoms with Crippen molar-refractivity contribution >= 4 is 22.5 Å². The Balaban J connectivity index is 2.94. The van der Waals surface area contributed by atoms with E-state index in [0.717, 1.165) is 12.3 Å². The Bertz CT molecular complexity index is 862. The number of sulfone groups is 1. The standard InChI is InChI=1S/C16H13F2NO3S/c1-19-16(20)12-9-8-11(10-6-4-3-5-7-10)14(23(2,21)22)13(12)15(17)18/h3-9,15H,1H2,2H3. The van der Waals surface area contributed by atoms with Crippen molar-refractivity contribution in [1.82, 2.24) is 0 Å². The number of benzene rings is 2. The maximum atomic E-state index is 13.5. The lowest BCUT2D eigenvalue weighted by atomic mass is 9.98. The third-order valence-electron chi connectivity index (χ3n) is 3.24. The highest BCUT2D eigenvalue weighted by atomic mass is 32.2. The molecule has 0 N–H and O–H groups in total. The van der Waals surface area contributed by atoms with E-state index in [1.165, 1.54) is 6.07 Å². The van der Waals surface area contributed by atoms with Crippen LogP contribution in [0.4, 0.5) is 8.78 Å². The molecule has 7 heteroatoms. The number of aliphatic imine (C=N–C) groups is 1. The number of hydrogen-bond donors (Lipinski definition) is 0. The Hall–Kier alpha value is -2.41. The van der Waals surface area contributed by atoms with Gasteiger partial charge in [-0.25, -0.2) is 22.2 Å². The zero-order valence-corrected chi connectivity index (χ0v) is 13.0. The number of halogens is 2. The van der Waals surface area contributed by atoms with Gasteiger partial charge >= 0.3 is 0 Å². The lowest BCUT2D eigenvalue weighted by molar-refractivity contribution is 0.0988. The van der Waals surface area contributed by atoms with E-state index in [1.807, 2.05) is 0 Å². The van der Waals surface area contributed by atoms with Crippen LogP contribution in [0.5, 0.6) is 0 Å². The molecule has 23 heavy (non-hydrogen) atoms. The van der Waals surface area contributed by atoms with Gasteiger partial charge in [-0.2, -0.15) is 0 Å². The molecule has 0 bridgehead atoms. The smallest absolute Gasteiger partial charge is 0.267 e. The summed E-state index contributed by atoms with van der Waals surface area (Å²) in [6.07, 6.45) is -2.32. The first kappa shape index (κ1) is 17.0. The van der Waals surface area contributed by atoms with E-state index in [-0.39, 0.29) is 5.56 Å². The van der Waals surface area contributed by atoms with Crippen LogP contribution in [0.2, 0.25) is 0 Å². The molecule has 0 saturated carbocycles. The van der Waals surface area contributed by atoms with Gasteiger partial charge in [0.1, 0.15) is 0 Å². The first-order chi connectivity index (χ1) is 10.8. The molecular weight excluding hydrogens is 324 g/mol. The van der Waals surface area contributed by atoms with Gasteiger partial charge in [0, 0.05) is 17.4 Å². The normalized spacial score (nSPS) is 11.5. The number of carbonyl (C=O) groups excluding carboxylic acids is 1. The van der Waals surface area contributed by atoms with Crippen molar-refractivity contribution in [2.75, 3.05) is 6.26 Å². The molecule has 0 heterocycles. The van der Waals surface area contributed by atoms with E-state index < -0.39 is 38.2 Å². The number of amides is 1. The average Bonchev–Trinajstić information content (AvgIpc) is 2.52. The predicted molar refractivity (Wildman–Crippen MR) is 83.8 cm³/mol. The highest BCUT2D eigenvalue weighted by molar-refractivity contribution is 7.91. The van der Waals surface area contributed by atoms with Crippen LogP contribution in [0.3, 0.4) is 0 Å². The lowest BCUT2D eigenvalue weighted by Gasteiger charge is -2.16. The number of nitrogens with zero attached hydrogens (tertiary/aromatic N) is 1. The van der Waals surface area contributed by atoms with Gasteiger partial charge in [-0.1, -0.05) is 36.4 Å². The van der Waals surface area contributed by atoms with Gasteiger partial charge < -0.3 is 0 Å². The van der Waals surface area contributed by atoms with Crippen LogP contribution in [-0.4, -0.2) is 27.3 Å². The Morgan fingerprint density at radius 2 is 1.74 bits per heavy atom. The second-order valence-corrected chi connectivity index (χ2v) is 6.76. The van der Waals surface area contributed by atoms with Crippen molar-refractivity contribution in [3.63, 3.8) is 0 Å². The Labute approximate surface area is 132 Å². The Kier molecular flexibility index (Phi) is 4.70. The zero-order valence-electron chi connectivity index (χ0n) is 12.2. The summed E-state index contributed by atoms with van der Waals surface area (Å²) in [5.41, 5.74) is -0.731. The molecule has 0 saturated heterocycles. The number of rotatable bonds is 4. The zero-order chi connectivity index (χ0) is 17.2. The molecule has 0 aliphatic carbocycles. The van der Waals surface area contributed by atoms with Crippen LogP contribution in [0.25, 0.3) is 11.1 Å². The fourth-order valence-corrected chi connectivity index (χ4v) is 3.52. The monoisotopic (exact) mass is 337 g/mol. The summed E-state index contributed by atoms with van der Waals surface area (Å²) in [6, 6.07) is 10.7. The van der Waals surface area contributed by atoms with Crippen LogP contribution >= 0.6 is 0 Å². The van der Waals surface area contributed by atoms with Crippen molar-refractivity contribution in [2.45, 2.75) is 11.3 Å². The number of carbonyl (C=O) groups is 1. The van der Waals surface area contributed by atoms with Crippen molar-refractivity contribution in [2.24, 2.45) is 4.99 Å². The van der Waals surface area contributed by atoms with Gasteiger partial charge in [0.25, 0.3) is 12.3 Å². The fourth-order valence-electron chi connectivity index (χ4n) is 2.33. The second kappa shape index (κ2) is 6.37. The SMILES string of the molecule is C=NC(=O)c1ccc(-c2ccccc2)c(S(C)(=O)=O)c1C(F)F. The Morgan fingerprint density at radius 1 is 1.13 bits per heavy atom. The summed E-state index contributed by atoms with van der Waals surface area (Å²) in [5.74, 6) is -0.996. The molecule has 2 aromatic rings. The van der Waals surface area contributed by atoms with Gasteiger partial charge in [-0.15, -0.1) is 0 Å². The highest BCUT2D eigenvalue weighted by Gasteiger charge is 2.29. The molecule has 0 fully saturated rings. The summed E-state index contributed by atoms with van der Waals surface area (Å²) in [6.45, 7) is 3.02. The topological polar surface area (TPSA) is 63.6 Å². The largest absolute Gasteiger partial charge is 0.276 e. The van der Waals surface area contributed by atoms with Crippen LogP contribution < -0.4 is 0 Å². The summed E-state index contributed by atoms with van der Waals surface area (Å²) in [7, 11) is -4.02. The van der Waals surface area contributed by atoms with E-state index >= 15 is 0 Å². The predicted octanol–water partition coefficient (Wildman–Crippen LogP) is 3.54. The first-order valence-corrected chi connectivity index (χ1v) is 8.38. The third kappa shape index (κ3) is 3.34. The molecule has 2 aromatic carbocycles. The third-order valence-corrected chi connectivity index (χ3v) is 4.43. The Morgan fingerprint density at radius 3 is 2.22 bits per heavy atom. The minimum Gasteiger partial charge on any atom is -0.267 e. The molecule has 0 radical (unpaired) electrons. The van der Waals surface area contributed by atoms with Gasteiger partial charge in [0.2, 0.25) is 0 Å². The van der Waals surface area contributed by atoms with Gasteiger partial charge in [-0.05, 0) is 18.3 Å². The van der Waals surface area contributed by atoms with Crippen LogP contribution in [0.15, 0.2) is 52.4 Å². The molecule has 0 aliphatic heterocycles. The van der Waals surface area contributed by atoms with Crippen molar-refractivity contribution < 1.29 is 22.0 Å². The molecule has 0 spiro atoms.